The van der Waals surface area contributed by atoms with Gasteiger partial charge in [-0.15, -0.1) is 0 Å². The second-order valence-electron chi connectivity index (χ2n) is 11.3. The maximum atomic E-state index is 6.10. The number of hydrogen-bond donors (Lipinski definition) is 0. The van der Waals surface area contributed by atoms with Crippen molar-refractivity contribution in [1.29, 1.82) is 0 Å². The Hall–Kier alpha value is 0.240. The molecule has 0 bridgehead atoms. The van der Waals surface area contributed by atoms with Gasteiger partial charge in [0.25, 0.3) is 0 Å². The molecule has 2 rings (SSSR count). The van der Waals surface area contributed by atoms with E-state index in [0.717, 1.165) is 11.5 Å². The van der Waals surface area contributed by atoms with Crippen LogP contribution in [0.4, 0.5) is 0 Å². The third-order valence-corrected chi connectivity index (χ3v) is 7.72. The summed E-state index contributed by atoms with van der Waals surface area (Å²) < 4.78 is 6.10. The van der Waals surface area contributed by atoms with E-state index in [1.807, 2.05) is 0 Å². The molecule has 0 saturated carbocycles. The van der Waals surface area contributed by atoms with E-state index in [0.29, 0.717) is 0 Å². The molecule has 0 radical (unpaired) electrons. The Labute approximate surface area is 287 Å². The van der Waals surface area contributed by atoms with Gasteiger partial charge in [-0.25, -0.2) is 0 Å². The van der Waals surface area contributed by atoms with Gasteiger partial charge in [0.05, 0.1) is 0 Å². The minimum absolute atomic E-state index is 0. The van der Waals surface area contributed by atoms with Crippen molar-refractivity contribution >= 4 is 0 Å². The zero-order valence-corrected chi connectivity index (χ0v) is 30.6. The van der Waals surface area contributed by atoms with E-state index in [-0.39, 0.29) is 59.1 Å². The summed E-state index contributed by atoms with van der Waals surface area (Å²) in [6.45, 7) is 4.58. The van der Waals surface area contributed by atoms with E-state index in [2.05, 4.69) is 62.4 Å². The summed E-state index contributed by atoms with van der Waals surface area (Å²) in [5.74, 6) is 1.88. The Balaban J connectivity index is 0.00000722. The summed E-state index contributed by atoms with van der Waals surface area (Å²) in [7, 11) is 0. The summed E-state index contributed by atoms with van der Waals surface area (Å²) in [4.78, 5) is 0. The molecule has 0 unspecified atom stereocenters. The molecule has 3 heteroatoms. The molecule has 0 aliphatic carbocycles. The van der Waals surface area contributed by atoms with E-state index >= 15 is 0 Å². The molecule has 0 aliphatic rings. The van der Waals surface area contributed by atoms with Crippen LogP contribution < -0.4 is 63.9 Å². The molecule has 2 aromatic carbocycles. The molecule has 0 atom stereocenters. The molecule has 208 valence electrons. The second-order valence-corrected chi connectivity index (χ2v) is 11.3. The van der Waals surface area contributed by atoms with Crippen LogP contribution >= 0.6 is 0 Å². The maximum Gasteiger partial charge on any atom is 1.00 e. The predicted octanol–water partition coefficient (Wildman–Crippen LogP) is 6.41. The summed E-state index contributed by atoms with van der Waals surface area (Å²) in [6.07, 6.45) is 30.3. The van der Waals surface area contributed by atoms with Crippen molar-refractivity contribution in [3.05, 3.63) is 59.7 Å². The first kappa shape index (κ1) is 39.2. The van der Waals surface area contributed by atoms with Gasteiger partial charge in [-0.3, -0.25) is 0 Å². The number of unbranched alkanes of at least 4 members (excludes halogenated alkanes) is 18. The van der Waals surface area contributed by atoms with Gasteiger partial charge >= 0.3 is 59.1 Å². The van der Waals surface area contributed by atoms with Crippen LogP contribution in [-0.2, 0) is 12.8 Å². The molecule has 0 aromatic heterocycles. The molecule has 1 nitrogen and oxygen atoms in total. The Morgan fingerprint density at radius 2 is 0.615 bits per heavy atom. The number of benzene rings is 2. The summed E-state index contributed by atoms with van der Waals surface area (Å²) >= 11 is 0. The number of aryl methyl sites for hydroxylation is 2. The minimum Gasteiger partial charge on any atom is -0.457 e. The van der Waals surface area contributed by atoms with Crippen molar-refractivity contribution in [2.24, 2.45) is 0 Å². The number of hydrogen-bond acceptors (Lipinski definition) is 1. The first-order chi connectivity index (χ1) is 18.3. The number of ether oxygens (including phenoxy) is 1. The fourth-order valence-corrected chi connectivity index (χ4v) is 5.22. The predicted molar refractivity (Wildman–Crippen MR) is 164 cm³/mol. The third-order valence-electron chi connectivity index (χ3n) is 7.72. The van der Waals surface area contributed by atoms with E-state index in [9.17, 15) is 0 Å². The Morgan fingerprint density at radius 1 is 0.359 bits per heavy atom. The first-order valence-corrected chi connectivity index (χ1v) is 16.2. The fourth-order valence-electron chi connectivity index (χ4n) is 5.22. The molecule has 0 saturated heterocycles. The van der Waals surface area contributed by atoms with E-state index in [1.54, 1.807) is 0 Å². The quantitative estimate of drug-likeness (QED) is 0.108. The average Bonchev–Trinajstić information content (AvgIpc) is 2.92. The van der Waals surface area contributed by atoms with Crippen LogP contribution in [0.1, 0.15) is 153 Å². The standard InChI is InChI=1S/C36H58O.2Na/c1-3-5-7-9-11-13-15-17-19-21-23-33-25-29-35(30-26-33)37-36-31-27-34(28-32-36)24-22-20-18-16-14-12-10-8-6-4-2;;/h25-32H,3-24H2,1-2H3;;/q;2*+1. The maximum absolute atomic E-state index is 6.10. The molecule has 0 spiro atoms. The Kier molecular flexibility index (Phi) is 28.5. The molecular formula is C36H58Na2O+2. The van der Waals surface area contributed by atoms with Crippen molar-refractivity contribution < 1.29 is 63.9 Å². The number of rotatable bonds is 24. The van der Waals surface area contributed by atoms with Gasteiger partial charge in [-0.2, -0.15) is 0 Å². The molecule has 0 aliphatic heterocycles. The van der Waals surface area contributed by atoms with Crippen molar-refractivity contribution in [3.8, 4) is 11.5 Å². The van der Waals surface area contributed by atoms with E-state index in [4.69, 9.17) is 4.74 Å². The van der Waals surface area contributed by atoms with Crippen LogP contribution in [-0.4, -0.2) is 0 Å². The van der Waals surface area contributed by atoms with Gasteiger partial charge in [-0.1, -0.05) is 154 Å². The van der Waals surface area contributed by atoms with E-state index < -0.39 is 0 Å². The molecule has 0 heterocycles. The minimum atomic E-state index is 0. The largest absolute Gasteiger partial charge is 1.00 e. The zero-order chi connectivity index (χ0) is 26.2. The van der Waals surface area contributed by atoms with Crippen molar-refractivity contribution in [1.82, 2.24) is 0 Å². The monoisotopic (exact) mass is 552 g/mol. The van der Waals surface area contributed by atoms with Crippen LogP contribution in [0.25, 0.3) is 0 Å². The summed E-state index contributed by atoms with van der Waals surface area (Å²) in [6, 6.07) is 17.5. The van der Waals surface area contributed by atoms with Gasteiger partial charge in [0.15, 0.2) is 0 Å². The van der Waals surface area contributed by atoms with Crippen LogP contribution in [0.15, 0.2) is 48.5 Å². The topological polar surface area (TPSA) is 9.23 Å². The van der Waals surface area contributed by atoms with Gasteiger partial charge in [0.1, 0.15) is 11.5 Å². The van der Waals surface area contributed by atoms with Gasteiger partial charge in [0, 0.05) is 0 Å². The molecule has 2 aromatic rings. The molecule has 0 N–H and O–H groups in total. The van der Waals surface area contributed by atoms with Gasteiger partial charge < -0.3 is 4.74 Å². The van der Waals surface area contributed by atoms with Gasteiger partial charge in [0.2, 0.25) is 0 Å². The third kappa shape index (κ3) is 21.6. The van der Waals surface area contributed by atoms with Crippen LogP contribution in [0, 0.1) is 0 Å². The normalized spacial score (nSPS) is 10.6. The SMILES string of the molecule is CCCCCCCCCCCCc1ccc(Oc2ccc(CCCCCCCCCCCC)cc2)cc1.[Na+].[Na+]. The van der Waals surface area contributed by atoms with E-state index in [1.165, 1.54) is 152 Å². The van der Waals surface area contributed by atoms with Crippen LogP contribution in [0.3, 0.4) is 0 Å². The second kappa shape index (κ2) is 28.4. The Morgan fingerprint density at radius 3 is 0.897 bits per heavy atom. The van der Waals surface area contributed by atoms with Crippen molar-refractivity contribution in [2.75, 3.05) is 0 Å². The molecule has 39 heavy (non-hydrogen) atoms. The zero-order valence-electron chi connectivity index (χ0n) is 26.6. The molecular weight excluding hydrogens is 494 g/mol. The molecule has 0 fully saturated rings. The van der Waals surface area contributed by atoms with Crippen LogP contribution in [0.5, 0.6) is 11.5 Å². The average molecular weight is 553 g/mol. The van der Waals surface area contributed by atoms with Crippen molar-refractivity contribution in [2.45, 2.75) is 155 Å². The smallest absolute Gasteiger partial charge is 0.457 e. The van der Waals surface area contributed by atoms with Crippen LogP contribution in [0.2, 0.25) is 0 Å². The first-order valence-electron chi connectivity index (χ1n) is 16.2. The fraction of sp³-hybridized carbons (Fsp3) is 0.667. The molecule has 0 amide bonds. The van der Waals surface area contributed by atoms with Gasteiger partial charge in [-0.05, 0) is 61.1 Å². The summed E-state index contributed by atoms with van der Waals surface area (Å²) in [5, 5.41) is 0. The Bertz CT molecular complexity index is 691. The van der Waals surface area contributed by atoms with Crippen molar-refractivity contribution in [3.63, 3.8) is 0 Å². The summed E-state index contributed by atoms with van der Waals surface area (Å²) in [5.41, 5.74) is 2.86.